The number of carbonyl (C=O) groups is 1. The summed E-state index contributed by atoms with van der Waals surface area (Å²) in [5, 5.41) is 23.6. The molecule has 0 bridgehead atoms. The summed E-state index contributed by atoms with van der Waals surface area (Å²) >= 11 is 0. The molecular weight excluding hydrogens is 472 g/mol. The van der Waals surface area contributed by atoms with Gasteiger partial charge in [0.15, 0.2) is 5.75 Å². The number of carbonyl (C=O) groups excluding carboxylic acids is 1. The molecule has 37 heavy (non-hydrogen) atoms. The van der Waals surface area contributed by atoms with Crippen molar-refractivity contribution in [3.05, 3.63) is 75.3 Å². The second-order valence-corrected chi connectivity index (χ2v) is 8.62. The second kappa shape index (κ2) is 10.7. The topological polar surface area (TPSA) is 115 Å². The van der Waals surface area contributed by atoms with Crippen LogP contribution in [0.5, 0.6) is 5.75 Å². The lowest BCUT2D eigenvalue weighted by Crippen LogP contribution is -2.21. The van der Waals surface area contributed by atoms with E-state index in [2.05, 4.69) is 46.4 Å². The highest BCUT2D eigenvalue weighted by atomic mass is 16.6. The molecule has 0 atom stereocenters. The third-order valence-electron chi connectivity index (χ3n) is 6.22. The van der Waals surface area contributed by atoms with Gasteiger partial charge in [0, 0.05) is 36.1 Å². The van der Waals surface area contributed by atoms with Crippen molar-refractivity contribution in [3.63, 3.8) is 0 Å². The molecule has 1 N–H and O–H groups in total. The van der Waals surface area contributed by atoms with Gasteiger partial charge in [0.05, 0.1) is 17.2 Å². The van der Waals surface area contributed by atoms with E-state index in [1.807, 2.05) is 26.0 Å². The zero-order valence-electron chi connectivity index (χ0n) is 21.6. The summed E-state index contributed by atoms with van der Waals surface area (Å²) in [7, 11) is 0. The molecular formula is C27H30N6O4. The maximum atomic E-state index is 12.9. The maximum absolute atomic E-state index is 12.9. The number of nitrogens with one attached hydrogen (secondary N) is 1. The molecule has 10 heteroatoms. The van der Waals surface area contributed by atoms with Crippen LogP contribution >= 0.6 is 0 Å². The van der Waals surface area contributed by atoms with Gasteiger partial charge >= 0.3 is 5.69 Å². The van der Waals surface area contributed by atoms with Crippen molar-refractivity contribution in [3.8, 4) is 11.4 Å². The Bertz CT molecular complexity index is 1480. The highest BCUT2D eigenvalue weighted by Crippen LogP contribution is 2.29. The van der Waals surface area contributed by atoms with Crippen molar-refractivity contribution in [1.82, 2.24) is 15.0 Å². The molecule has 1 aromatic heterocycles. The zero-order chi connectivity index (χ0) is 26.7. The van der Waals surface area contributed by atoms with Crippen LogP contribution in [0.3, 0.4) is 0 Å². The van der Waals surface area contributed by atoms with Crippen LogP contribution < -0.4 is 15.0 Å². The first-order chi connectivity index (χ1) is 17.7. The van der Waals surface area contributed by atoms with Gasteiger partial charge in [-0.3, -0.25) is 14.9 Å². The van der Waals surface area contributed by atoms with Crippen molar-refractivity contribution in [2.24, 2.45) is 0 Å². The monoisotopic (exact) mass is 502 g/mol. The number of aryl methyl sites for hydroxylation is 2. The molecule has 0 spiro atoms. The van der Waals surface area contributed by atoms with Crippen LogP contribution in [0.4, 0.5) is 17.1 Å². The molecule has 1 amide bonds. The number of benzene rings is 3. The molecule has 0 aliphatic rings. The third kappa shape index (κ3) is 5.23. The van der Waals surface area contributed by atoms with Gasteiger partial charge in [-0.1, -0.05) is 0 Å². The molecule has 0 radical (unpaired) electrons. The van der Waals surface area contributed by atoms with E-state index in [4.69, 9.17) is 4.74 Å². The summed E-state index contributed by atoms with van der Waals surface area (Å²) in [6, 6.07) is 14.0. The van der Waals surface area contributed by atoms with Gasteiger partial charge in [-0.05, 0) is 88.2 Å². The molecule has 0 fully saturated rings. The van der Waals surface area contributed by atoms with Crippen molar-refractivity contribution >= 4 is 34.0 Å². The summed E-state index contributed by atoms with van der Waals surface area (Å²) in [5.74, 6) is -0.345. The molecule has 3 aromatic carbocycles. The number of amides is 1. The van der Waals surface area contributed by atoms with Crippen LogP contribution in [0, 0.1) is 24.0 Å². The van der Waals surface area contributed by atoms with Gasteiger partial charge < -0.3 is 15.0 Å². The SMILES string of the molecule is CCOc1ccc(C(=O)Nc2cc3nn(-c4ccc(N(CC)CC)cc4C)nc3cc2C)cc1[N+](=O)[O-]. The van der Waals surface area contributed by atoms with Crippen LogP contribution in [-0.2, 0) is 0 Å². The Balaban J connectivity index is 1.62. The van der Waals surface area contributed by atoms with Crippen LogP contribution in [-0.4, -0.2) is 45.5 Å². The van der Waals surface area contributed by atoms with Gasteiger partial charge in [0.1, 0.15) is 11.0 Å². The normalized spacial score (nSPS) is 10.9. The first-order valence-electron chi connectivity index (χ1n) is 12.2. The molecule has 10 nitrogen and oxygen atoms in total. The van der Waals surface area contributed by atoms with E-state index in [1.165, 1.54) is 18.2 Å². The minimum absolute atomic E-state index is 0.124. The highest BCUT2D eigenvalue weighted by Gasteiger charge is 2.20. The third-order valence-corrected chi connectivity index (χ3v) is 6.22. The number of fused-ring (bicyclic) bond motifs is 1. The standard InChI is InChI=1S/C27H30N6O4/c1-6-31(7-2)20-10-11-24(18(5)13-20)32-29-22-14-17(4)21(16-23(22)30-32)28-27(34)19-9-12-26(37-8-3)25(15-19)33(35)36/h9-16H,6-8H2,1-5H3,(H,28,34). The van der Waals surface area contributed by atoms with Crippen molar-refractivity contribution in [2.45, 2.75) is 34.6 Å². The van der Waals surface area contributed by atoms with Crippen molar-refractivity contribution in [2.75, 3.05) is 29.9 Å². The molecule has 0 unspecified atom stereocenters. The van der Waals surface area contributed by atoms with E-state index in [9.17, 15) is 14.9 Å². The molecule has 192 valence electrons. The number of nitrogens with zero attached hydrogens (tertiary/aromatic N) is 5. The van der Waals surface area contributed by atoms with Crippen LogP contribution in [0.1, 0.15) is 42.3 Å². The summed E-state index contributed by atoms with van der Waals surface area (Å²) in [6.07, 6.45) is 0. The number of nitro benzene ring substituents is 1. The minimum Gasteiger partial charge on any atom is -0.487 e. The van der Waals surface area contributed by atoms with E-state index < -0.39 is 10.8 Å². The highest BCUT2D eigenvalue weighted by molar-refractivity contribution is 6.06. The Kier molecular flexibility index (Phi) is 7.37. The van der Waals surface area contributed by atoms with Crippen LogP contribution in [0.2, 0.25) is 0 Å². The lowest BCUT2D eigenvalue weighted by Gasteiger charge is -2.22. The number of ether oxygens (including phenoxy) is 1. The number of rotatable bonds is 9. The summed E-state index contributed by atoms with van der Waals surface area (Å²) in [5.41, 5.74) is 5.62. The van der Waals surface area contributed by atoms with Gasteiger partial charge in [-0.15, -0.1) is 10.2 Å². The second-order valence-electron chi connectivity index (χ2n) is 8.62. The fraction of sp³-hybridized carbons (Fsp3) is 0.296. The summed E-state index contributed by atoms with van der Waals surface area (Å²) in [4.78, 5) is 27.7. The molecule has 0 saturated heterocycles. The van der Waals surface area contributed by atoms with E-state index in [1.54, 1.807) is 17.8 Å². The van der Waals surface area contributed by atoms with Crippen molar-refractivity contribution in [1.29, 1.82) is 0 Å². The molecule has 0 saturated carbocycles. The predicted molar refractivity (Wildman–Crippen MR) is 144 cm³/mol. The van der Waals surface area contributed by atoms with Gasteiger partial charge in [-0.25, -0.2) is 0 Å². The smallest absolute Gasteiger partial charge is 0.311 e. The zero-order valence-corrected chi connectivity index (χ0v) is 21.6. The van der Waals surface area contributed by atoms with Gasteiger partial charge in [-0.2, -0.15) is 4.80 Å². The molecule has 1 heterocycles. The Hall–Kier alpha value is -4.47. The molecule has 4 aromatic rings. The van der Waals surface area contributed by atoms with E-state index in [-0.39, 0.29) is 23.6 Å². The van der Waals surface area contributed by atoms with E-state index >= 15 is 0 Å². The Morgan fingerprint density at radius 1 is 1.00 bits per heavy atom. The number of hydrogen-bond acceptors (Lipinski definition) is 7. The Morgan fingerprint density at radius 3 is 2.32 bits per heavy atom. The number of anilines is 2. The fourth-order valence-electron chi connectivity index (χ4n) is 4.23. The lowest BCUT2D eigenvalue weighted by atomic mass is 10.1. The predicted octanol–water partition coefficient (Wildman–Crippen LogP) is 5.44. The maximum Gasteiger partial charge on any atom is 0.311 e. The minimum atomic E-state index is -0.562. The van der Waals surface area contributed by atoms with Crippen molar-refractivity contribution < 1.29 is 14.5 Å². The number of aromatic nitrogens is 3. The average molecular weight is 503 g/mol. The fourth-order valence-corrected chi connectivity index (χ4v) is 4.23. The summed E-state index contributed by atoms with van der Waals surface area (Å²) < 4.78 is 5.30. The number of hydrogen-bond donors (Lipinski definition) is 1. The van der Waals surface area contributed by atoms with E-state index in [0.717, 1.165) is 35.6 Å². The number of nitro groups is 1. The molecule has 0 aliphatic carbocycles. The van der Waals surface area contributed by atoms with E-state index in [0.29, 0.717) is 16.7 Å². The first kappa shape index (κ1) is 25.6. The first-order valence-corrected chi connectivity index (χ1v) is 12.2. The van der Waals surface area contributed by atoms with Gasteiger partial charge in [0.25, 0.3) is 5.91 Å². The Labute approximate surface area is 215 Å². The lowest BCUT2D eigenvalue weighted by molar-refractivity contribution is -0.385. The average Bonchev–Trinajstić information content (AvgIpc) is 3.27. The van der Waals surface area contributed by atoms with Crippen LogP contribution in [0.15, 0.2) is 48.5 Å². The molecule has 0 aliphatic heterocycles. The van der Waals surface area contributed by atoms with Gasteiger partial charge in [0.2, 0.25) is 0 Å². The summed E-state index contributed by atoms with van der Waals surface area (Å²) in [6.45, 7) is 12.0. The largest absolute Gasteiger partial charge is 0.487 e. The molecule has 4 rings (SSSR count). The Morgan fingerprint density at radius 2 is 1.70 bits per heavy atom. The van der Waals surface area contributed by atoms with Crippen LogP contribution in [0.25, 0.3) is 16.7 Å². The quantitative estimate of drug-likeness (QED) is 0.239.